The van der Waals surface area contributed by atoms with E-state index in [-0.39, 0.29) is 23.8 Å². The summed E-state index contributed by atoms with van der Waals surface area (Å²) in [5.74, 6) is 0.388. The zero-order chi connectivity index (χ0) is 20.1. The van der Waals surface area contributed by atoms with Crippen LogP contribution in [0.3, 0.4) is 0 Å². The van der Waals surface area contributed by atoms with E-state index in [0.717, 1.165) is 55.8 Å². The van der Waals surface area contributed by atoms with Gasteiger partial charge < -0.3 is 10.2 Å². The van der Waals surface area contributed by atoms with Crippen molar-refractivity contribution in [2.24, 2.45) is 5.92 Å². The molecule has 0 radical (unpaired) electrons. The van der Waals surface area contributed by atoms with Gasteiger partial charge in [0.15, 0.2) is 0 Å². The SMILES string of the molecule is CCN(CC)C(=O)C1CCN(C(C)C(=O)Nc2c(C)cc(C)cc2C)CC1. The Morgan fingerprint density at radius 1 is 1.11 bits per heavy atom. The standard InChI is InChI=1S/C22H35N3O2/c1-7-24(8-2)22(27)19-9-11-25(12-10-19)18(6)21(26)23-20-16(4)13-15(3)14-17(20)5/h13-14,18-19H,7-12H2,1-6H3,(H,23,26). The highest BCUT2D eigenvalue weighted by atomic mass is 16.2. The van der Waals surface area contributed by atoms with E-state index in [2.05, 4.69) is 29.3 Å². The van der Waals surface area contributed by atoms with Crippen molar-refractivity contribution in [3.05, 3.63) is 28.8 Å². The second-order valence-electron chi connectivity index (χ2n) is 7.76. The van der Waals surface area contributed by atoms with Gasteiger partial charge in [-0.05, 0) is 78.6 Å². The van der Waals surface area contributed by atoms with Gasteiger partial charge in [-0.15, -0.1) is 0 Å². The zero-order valence-electron chi connectivity index (χ0n) is 17.8. The van der Waals surface area contributed by atoms with Crippen LogP contribution in [0.2, 0.25) is 0 Å². The Bertz CT molecular complexity index is 651. The number of anilines is 1. The molecule has 0 aliphatic carbocycles. The molecule has 1 aliphatic rings. The first-order valence-electron chi connectivity index (χ1n) is 10.2. The molecule has 1 aromatic carbocycles. The minimum Gasteiger partial charge on any atom is -0.343 e. The highest BCUT2D eigenvalue weighted by molar-refractivity contribution is 5.96. The zero-order valence-corrected chi connectivity index (χ0v) is 17.8. The number of nitrogens with one attached hydrogen (secondary N) is 1. The summed E-state index contributed by atoms with van der Waals surface area (Å²) >= 11 is 0. The van der Waals surface area contributed by atoms with Crippen LogP contribution >= 0.6 is 0 Å². The topological polar surface area (TPSA) is 52.7 Å². The van der Waals surface area contributed by atoms with Crippen LogP contribution in [0.5, 0.6) is 0 Å². The van der Waals surface area contributed by atoms with Crippen molar-refractivity contribution in [2.75, 3.05) is 31.5 Å². The molecule has 0 bridgehead atoms. The summed E-state index contributed by atoms with van der Waals surface area (Å²) in [5, 5.41) is 3.12. The molecule has 1 saturated heterocycles. The quantitative estimate of drug-likeness (QED) is 0.830. The van der Waals surface area contributed by atoms with E-state index in [1.807, 2.05) is 39.5 Å². The van der Waals surface area contributed by atoms with Crippen molar-refractivity contribution in [2.45, 2.75) is 60.4 Å². The lowest BCUT2D eigenvalue weighted by Crippen LogP contribution is -2.48. The van der Waals surface area contributed by atoms with Crippen LogP contribution in [0.15, 0.2) is 12.1 Å². The lowest BCUT2D eigenvalue weighted by atomic mass is 9.94. The van der Waals surface area contributed by atoms with E-state index < -0.39 is 0 Å². The van der Waals surface area contributed by atoms with Gasteiger partial charge in [0.2, 0.25) is 11.8 Å². The van der Waals surface area contributed by atoms with Gasteiger partial charge in [0.1, 0.15) is 0 Å². The van der Waals surface area contributed by atoms with Crippen LogP contribution in [-0.2, 0) is 9.59 Å². The number of aryl methyl sites for hydroxylation is 3. The molecule has 1 aromatic rings. The van der Waals surface area contributed by atoms with Crippen LogP contribution in [-0.4, -0.2) is 53.8 Å². The Balaban J connectivity index is 1.95. The van der Waals surface area contributed by atoms with Gasteiger partial charge in [0.05, 0.1) is 6.04 Å². The highest BCUT2D eigenvalue weighted by Gasteiger charge is 2.31. The number of likely N-dealkylation sites (tertiary alicyclic amines) is 1. The molecule has 150 valence electrons. The minimum atomic E-state index is -0.199. The maximum Gasteiger partial charge on any atom is 0.241 e. The fourth-order valence-corrected chi connectivity index (χ4v) is 4.10. The van der Waals surface area contributed by atoms with Crippen LogP contribution in [0, 0.1) is 26.7 Å². The maximum atomic E-state index is 12.8. The van der Waals surface area contributed by atoms with E-state index in [4.69, 9.17) is 0 Å². The summed E-state index contributed by atoms with van der Waals surface area (Å²) in [6.45, 7) is 15.3. The van der Waals surface area contributed by atoms with Gasteiger partial charge in [-0.2, -0.15) is 0 Å². The molecule has 5 nitrogen and oxygen atoms in total. The molecule has 5 heteroatoms. The second-order valence-corrected chi connectivity index (χ2v) is 7.76. The number of benzene rings is 1. The van der Waals surface area contributed by atoms with Crippen molar-refractivity contribution in [1.82, 2.24) is 9.80 Å². The van der Waals surface area contributed by atoms with Gasteiger partial charge in [0.25, 0.3) is 0 Å². The number of amides is 2. The Morgan fingerprint density at radius 3 is 2.11 bits per heavy atom. The lowest BCUT2D eigenvalue weighted by Gasteiger charge is -2.36. The molecule has 2 rings (SSSR count). The number of hydrogen-bond acceptors (Lipinski definition) is 3. The normalized spacial score (nSPS) is 16.8. The van der Waals surface area contributed by atoms with Crippen LogP contribution in [0.4, 0.5) is 5.69 Å². The van der Waals surface area contributed by atoms with E-state index in [1.165, 1.54) is 5.56 Å². The number of carbonyl (C=O) groups is 2. The highest BCUT2D eigenvalue weighted by Crippen LogP contribution is 2.24. The van der Waals surface area contributed by atoms with Gasteiger partial charge >= 0.3 is 0 Å². The Hall–Kier alpha value is -1.88. The molecule has 1 atom stereocenters. The summed E-state index contributed by atoms with van der Waals surface area (Å²) in [6, 6.07) is 3.99. The molecule has 1 fully saturated rings. The molecule has 1 N–H and O–H groups in total. The van der Waals surface area contributed by atoms with Gasteiger partial charge in [0, 0.05) is 24.7 Å². The summed E-state index contributed by atoms with van der Waals surface area (Å²) in [7, 11) is 0. The van der Waals surface area contributed by atoms with Gasteiger partial charge in [-0.25, -0.2) is 0 Å². The third-order valence-corrected chi connectivity index (χ3v) is 5.81. The average Bonchev–Trinajstić information content (AvgIpc) is 2.64. The first kappa shape index (κ1) is 21.4. The Morgan fingerprint density at radius 2 is 1.63 bits per heavy atom. The van der Waals surface area contributed by atoms with Gasteiger partial charge in [-0.3, -0.25) is 14.5 Å². The van der Waals surface area contributed by atoms with E-state index in [1.54, 1.807) is 0 Å². The molecular weight excluding hydrogens is 338 g/mol. The minimum absolute atomic E-state index is 0.0265. The van der Waals surface area contributed by atoms with E-state index in [0.29, 0.717) is 0 Å². The fraction of sp³-hybridized carbons (Fsp3) is 0.636. The third-order valence-electron chi connectivity index (χ3n) is 5.81. The van der Waals surface area contributed by atoms with Crippen LogP contribution < -0.4 is 5.32 Å². The number of nitrogens with zero attached hydrogens (tertiary/aromatic N) is 2. The Labute approximate surface area is 164 Å². The van der Waals surface area contributed by atoms with Crippen LogP contribution in [0.1, 0.15) is 50.3 Å². The van der Waals surface area contributed by atoms with Crippen LogP contribution in [0.25, 0.3) is 0 Å². The lowest BCUT2D eigenvalue weighted by molar-refractivity contribution is -0.137. The van der Waals surface area contributed by atoms with E-state index >= 15 is 0 Å². The molecule has 0 spiro atoms. The van der Waals surface area contributed by atoms with E-state index in [9.17, 15) is 9.59 Å². The molecule has 1 aliphatic heterocycles. The summed E-state index contributed by atoms with van der Waals surface area (Å²) in [4.78, 5) is 29.4. The van der Waals surface area contributed by atoms with Crippen molar-refractivity contribution >= 4 is 17.5 Å². The molecule has 1 heterocycles. The number of hydrogen-bond donors (Lipinski definition) is 1. The molecule has 0 aromatic heterocycles. The third kappa shape index (κ3) is 5.10. The molecule has 27 heavy (non-hydrogen) atoms. The van der Waals surface area contributed by atoms with Crippen molar-refractivity contribution in [3.8, 4) is 0 Å². The largest absolute Gasteiger partial charge is 0.343 e. The number of carbonyl (C=O) groups excluding carboxylic acids is 2. The summed E-state index contributed by atoms with van der Waals surface area (Å²) in [5.41, 5.74) is 4.31. The van der Waals surface area contributed by atoms with Gasteiger partial charge in [-0.1, -0.05) is 17.7 Å². The summed E-state index contributed by atoms with van der Waals surface area (Å²) < 4.78 is 0. The first-order valence-corrected chi connectivity index (χ1v) is 10.2. The summed E-state index contributed by atoms with van der Waals surface area (Å²) in [6.07, 6.45) is 1.66. The molecule has 1 unspecified atom stereocenters. The predicted octanol–water partition coefficient (Wildman–Crippen LogP) is 3.52. The smallest absolute Gasteiger partial charge is 0.241 e. The fourth-order valence-electron chi connectivity index (χ4n) is 4.10. The number of rotatable bonds is 6. The Kier molecular flexibility index (Phi) is 7.42. The monoisotopic (exact) mass is 373 g/mol. The first-order chi connectivity index (χ1) is 12.8. The molecular formula is C22H35N3O2. The maximum absolute atomic E-state index is 12.8. The van der Waals surface area contributed by atoms with Crippen molar-refractivity contribution < 1.29 is 9.59 Å². The number of piperidine rings is 1. The second kappa shape index (κ2) is 9.36. The van der Waals surface area contributed by atoms with Crippen molar-refractivity contribution in [3.63, 3.8) is 0 Å². The predicted molar refractivity (Wildman–Crippen MR) is 111 cm³/mol. The average molecular weight is 374 g/mol. The van der Waals surface area contributed by atoms with Crippen molar-refractivity contribution in [1.29, 1.82) is 0 Å². The molecule has 2 amide bonds. The molecule has 0 saturated carbocycles.